The van der Waals surface area contributed by atoms with Crippen LogP contribution in [-0.2, 0) is 0 Å². The first-order valence-electron chi connectivity index (χ1n) is 6.16. The summed E-state index contributed by atoms with van der Waals surface area (Å²) in [5, 5.41) is 3.17. The molecular weight excluding hydrogens is 368 g/mol. The van der Waals surface area contributed by atoms with Crippen LogP contribution in [-0.4, -0.2) is 6.54 Å². The lowest BCUT2D eigenvalue weighted by atomic mass is 10.0. The molecule has 2 aromatic rings. The van der Waals surface area contributed by atoms with E-state index in [1.807, 2.05) is 6.92 Å². The van der Waals surface area contributed by atoms with E-state index in [2.05, 4.69) is 21.2 Å². The summed E-state index contributed by atoms with van der Waals surface area (Å²) in [6.07, 6.45) is 0.870. The molecule has 0 bridgehead atoms. The molecule has 0 spiro atoms. The molecular formula is C14H13BrClF2NS. The van der Waals surface area contributed by atoms with Crippen LogP contribution in [0.2, 0.25) is 4.34 Å². The molecule has 1 unspecified atom stereocenters. The van der Waals surface area contributed by atoms with Crippen LogP contribution in [0, 0.1) is 11.6 Å². The van der Waals surface area contributed by atoms with Gasteiger partial charge < -0.3 is 5.32 Å². The van der Waals surface area contributed by atoms with Crippen LogP contribution in [0.4, 0.5) is 8.78 Å². The lowest BCUT2D eigenvalue weighted by Crippen LogP contribution is -2.24. The molecule has 1 atom stereocenters. The molecule has 1 aromatic carbocycles. The quantitative estimate of drug-likeness (QED) is 0.719. The van der Waals surface area contributed by atoms with Crippen LogP contribution in [0.25, 0.3) is 0 Å². The molecule has 0 aliphatic rings. The molecule has 0 saturated heterocycles. The van der Waals surface area contributed by atoms with Crippen LogP contribution in [0.1, 0.15) is 29.8 Å². The van der Waals surface area contributed by atoms with E-state index in [-0.39, 0.29) is 5.56 Å². The third-order valence-corrected chi connectivity index (χ3v) is 4.56. The normalized spacial score (nSPS) is 12.7. The minimum Gasteiger partial charge on any atom is -0.305 e. The molecule has 1 aromatic heterocycles. The Labute approximate surface area is 134 Å². The maximum absolute atomic E-state index is 14.1. The molecule has 2 rings (SSSR count). The Bertz CT molecular complexity index is 580. The highest BCUT2D eigenvalue weighted by Gasteiger charge is 2.23. The summed E-state index contributed by atoms with van der Waals surface area (Å²) < 4.78 is 29.3. The van der Waals surface area contributed by atoms with Crippen LogP contribution in [0.5, 0.6) is 0 Å². The molecule has 0 aliphatic carbocycles. The molecule has 108 valence electrons. The van der Waals surface area contributed by atoms with Crippen molar-refractivity contribution in [3.8, 4) is 0 Å². The zero-order valence-electron chi connectivity index (χ0n) is 10.7. The largest absolute Gasteiger partial charge is 0.305 e. The average molecular weight is 381 g/mol. The Morgan fingerprint density at radius 1 is 1.30 bits per heavy atom. The minimum atomic E-state index is -0.574. The van der Waals surface area contributed by atoms with E-state index in [1.54, 1.807) is 12.1 Å². The number of hydrogen-bond acceptors (Lipinski definition) is 2. The second-order valence-electron chi connectivity index (χ2n) is 4.31. The molecule has 1 nitrogen and oxygen atoms in total. The second-order valence-corrected chi connectivity index (χ2v) is 6.97. The van der Waals surface area contributed by atoms with Gasteiger partial charge in [-0.1, -0.05) is 34.5 Å². The van der Waals surface area contributed by atoms with E-state index >= 15 is 0 Å². The van der Waals surface area contributed by atoms with Crippen molar-refractivity contribution in [2.24, 2.45) is 0 Å². The Hall–Kier alpha value is -0.490. The van der Waals surface area contributed by atoms with Gasteiger partial charge in [0.2, 0.25) is 0 Å². The van der Waals surface area contributed by atoms with Crippen molar-refractivity contribution >= 4 is 38.9 Å². The van der Waals surface area contributed by atoms with Gasteiger partial charge >= 0.3 is 0 Å². The monoisotopic (exact) mass is 379 g/mol. The van der Waals surface area contributed by atoms with Crippen LogP contribution in [0.15, 0.2) is 28.7 Å². The maximum atomic E-state index is 14.1. The summed E-state index contributed by atoms with van der Waals surface area (Å²) >= 11 is 10.3. The average Bonchev–Trinajstić information content (AvgIpc) is 2.78. The Balaban J connectivity index is 2.46. The fourth-order valence-corrected chi connectivity index (χ4v) is 3.49. The third kappa shape index (κ3) is 3.58. The fourth-order valence-electron chi connectivity index (χ4n) is 1.95. The van der Waals surface area contributed by atoms with Crippen molar-refractivity contribution in [2.75, 3.05) is 6.54 Å². The Morgan fingerprint density at radius 2 is 1.95 bits per heavy atom. The lowest BCUT2D eigenvalue weighted by Gasteiger charge is -2.19. The Kier molecular flexibility index (Phi) is 5.55. The van der Waals surface area contributed by atoms with E-state index in [9.17, 15) is 8.78 Å². The molecule has 0 fully saturated rings. The highest BCUT2D eigenvalue weighted by Crippen LogP contribution is 2.34. The molecule has 1 heterocycles. The van der Waals surface area contributed by atoms with Crippen molar-refractivity contribution in [3.05, 3.63) is 55.1 Å². The molecule has 0 aliphatic heterocycles. The molecule has 1 N–H and O–H groups in total. The molecule has 0 radical (unpaired) electrons. The van der Waals surface area contributed by atoms with Crippen molar-refractivity contribution in [1.82, 2.24) is 5.32 Å². The number of nitrogens with one attached hydrogen (secondary N) is 1. The number of rotatable bonds is 5. The predicted octanol–water partition coefficient (Wildman–Crippen LogP) is 5.53. The van der Waals surface area contributed by atoms with Crippen molar-refractivity contribution in [3.63, 3.8) is 0 Å². The zero-order chi connectivity index (χ0) is 14.7. The smallest absolute Gasteiger partial charge is 0.132 e. The zero-order valence-corrected chi connectivity index (χ0v) is 13.9. The van der Waals surface area contributed by atoms with Crippen molar-refractivity contribution in [2.45, 2.75) is 19.4 Å². The summed E-state index contributed by atoms with van der Waals surface area (Å²) in [6.45, 7) is 2.66. The lowest BCUT2D eigenvalue weighted by molar-refractivity contribution is 0.505. The first kappa shape index (κ1) is 15.9. The minimum absolute atomic E-state index is 0.0279. The van der Waals surface area contributed by atoms with Gasteiger partial charge in [0, 0.05) is 14.9 Å². The number of thiophene rings is 1. The molecule has 20 heavy (non-hydrogen) atoms. The van der Waals surface area contributed by atoms with Crippen molar-refractivity contribution in [1.29, 1.82) is 0 Å². The molecule has 0 saturated carbocycles. The third-order valence-electron chi connectivity index (χ3n) is 2.81. The van der Waals surface area contributed by atoms with E-state index in [1.165, 1.54) is 23.5 Å². The topological polar surface area (TPSA) is 12.0 Å². The molecule has 6 heteroatoms. The standard InChI is InChI=1S/C14H13BrClF2NS/c1-2-5-19-14(11-3-4-12(16)20-11)13-9(17)6-8(15)7-10(13)18/h3-4,6-7,14,19H,2,5H2,1H3. The summed E-state index contributed by atoms with van der Waals surface area (Å²) in [5.41, 5.74) is 0.0279. The Morgan fingerprint density at radius 3 is 2.45 bits per heavy atom. The van der Waals surface area contributed by atoms with Gasteiger partial charge in [0.15, 0.2) is 0 Å². The van der Waals surface area contributed by atoms with E-state index in [0.29, 0.717) is 15.4 Å². The predicted molar refractivity (Wildman–Crippen MR) is 83.5 cm³/mol. The molecule has 0 amide bonds. The van der Waals surface area contributed by atoms with E-state index in [0.717, 1.165) is 11.3 Å². The van der Waals surface area contributed by atoms with Crippen LogP contribution in [0.3, 0.4) is 0 Å². The summed E-state index contributed by atoms with van der Waals surface area (Å²) in [4.78, 5) is 0.795. The van der Waals surface area contributed by atoms with Crippen LogP contribution < -0.4 is 5.32 Å². The van der Waals surface area contributed by atoms with Crippen LogP contribution >= 0.6 is 38.9 Å². The highest BCUT2D eigenvalue weighted by atomic mass is 79.9. The number of benzene rings is 1. The summed E-state index contributed by atoms with van der Waals surface area (Å²) in [6, 6.07) is 5.54. The van der Waals surface area contributed by atoms with Gasteiger partial charge in [0.1, 0.15) is 11.6 Å². The van der Waals surface area contributed by atoms with Crippen molar-refractivity contribution < 1.29 is 8.78 Å². The van der Waals surface area contributed by atoms with E-state index < -0.39 is 17.7 Å². The second kappa shape index (κ2) is 6.98. The van der Waals surface area contributed by atoms with Gasteiger partial charge in [0.25, 0.3) is 0 Å². The van der Waals surface area contributed by atoms with Gasteiger partial charge in [-0.15, -0.1) is 11.3 Å². The maximum Gasteiger partial charge on any atom is 0.132 e. The summed E-state index contributed by atoms with van der Waals surface area (Å²) in [7, 11) is 0. The number of hydrogen-bond donors (Lipinski definition) is 1. The first-order valence-corrected chi connectivity index (χ1v) is 8.14. The fraction of sp³-hybridized carbons (Fsp3) is 0.286. The SMILES string of the molecule is CCCNC(c1ccc(Cl)s1)c1c(F)cc(Br)cc1F. The van der Waals surface area contributed by atoms with Gasteiger partial charge in [-0.2, -0.15) is 0 Å². The van der Waals surface area contributed by atoms with Gasteiger partial charge in [0.05, 0.1) is 10.4 Å². The number of halogens is 4. The van der Waals surface area contributed by atoms with Gasteiger partial charge in [-0.25, -0.2) is 8.78 Å². The van der Waals surface area contributed by atoms with Gasteiger partial charge in [-0.3, -0.25) is 0 Å². The highest BCUT2D eigenvalue weighted by molar-refractivity contribution is 9.10. The first-order chi connectivity index (χ1) is 9.52. The van der Waals surface area contributed by atoms with E-state index in [4.69, 9.17) is 11.6 Å². The van der Waals surface area contributed by atoms with Gasteiger partial charge in [-0.05, 0) is 37.2 Å². The summed E-state index contributed by atoms with van der Waals surface area (Å²) in [5.74, 6) is -1.15.